The van der Waals surface area contributed by atoms with Gasteiger partial charge in [0.05, 0.1) is 6.54 Å². The van der Waals surface area contributed by atoms with Gasteiger partial charge in [0.1, 0.15) is 18.9 Å². The fourth-order valence-corrected chi connectivity index (χ4v) is 1.81. The number of amides is 1. The zero-order valence-corrected chi connectivity index (χ0v) is 17.2. The molecule has 1 aromatic rings. The van der Waals surface area contributed by atoms with Crippen LogP contribution in [0.2, 0.25) is 0 Å². The topological polar surface area (TPSA) is 74.8 Å². The van der Waals surface area contributed by atoms with E-state index >= 15 is 0 Å². The molecule has 0 aromatic heterocycles. The van der Waals surface area contributed by atoms with Crippen molar-refractivity contribution in [1.82, 2.24) is 16.0 Å². The molecule has 0 spiro atoms. The van der Waals surface area contributed by atoms with Gasteiger partial charge in [0.25, 0.3) is 0 Å². The summed E-state index contributed by atoms with van der Waals surface area (Å²) in [4.78, 5) is 16.1. The fraction of sp³-hybridized carbons (Fsp3) is 0.529. The largest absolute Gasteiger partial charge is 0.492 e. The van der Waals surface area contributed by atoms with Gasteiger partial charge in [-0.2, -0.15) is 0 Å². The van der Waals surface area contributed by atoms with Crippen LogP contribution in [0, 0.1) is 0 Å². The molecule has 0 unspecified atom stereocenters. The lowest BCUT2D eigenvalue weighted by atomic mass is 10.1. The summed E-state index contributed by atoms with van der Waals surface area (Å²) >= 11 is 0. The highest BCUT2D eigenvalue weighted by atomic mass is 127. The van der Waals surface area contributed by atoms with Crippen LogP contribution in [0.25, 0.3) is 0 Å². The number of halogens is 1. The molecule has 0 saturated carbocycles. The van der Waals surface area contributed by atoms with Gasteiger partial charge in [0, 0.05) is 12.1 Å². The van der Waals surface area contributed by atoms with Gasteiger partial charge in [-0.15, -0.1) is 24.0 Å². The molecule has 24 heavy (non-hydrogen) atoms. The number of guanidine groups is 1. The summed E-state index contributed by atoms with van der Waals surface area (Å²) in [6.07, 6.45) is 0. The molecule has 1 rings (SSSR count). The number of carbonyl (C=O) groups excluding carboxylic acids is 1. The van der Waals surface area contributed by atoms with Crippen molar-refractivity contribution in [3.8, 4) is 5.75 Å². The number of nitrogens with zero attached hydrogens (tertiary/aromatic N) is 1. The quantitative estimate of drug-likeness (QED) is 0.259. The molecule has 136 valence electrons. The Morgan fingerprint density at radius 2 is 1.83 bits per heavy atom. The molecule has 0 saturated heterocycles. The summed E-state index contributed by atoms with van der Waals surface area (Å²) in [5.41, 5.74) is -0.248. The molecule has 3 N–H and O–H groups in total. The first-order chi connectivity index (χ1) is 10.9. The molecule has 0 fully saturated rings. The first kappa shape index (κ1) is 22.5. The predicted octanol–water partition coefficient (Wildman–Crippen LogP) is 2.15. The van der Waals surface area contributed by atoms with E-state index in [0.717, 1.165) is 12.3 Å². The van der Waals surface area contributed by atoms with Crippen molar-refractivity contribution in [3.63, 3.8) is 0 Å². The minimum absolute atomic E-state index is 0. The SMILES string of the molecule is CCNC(=NCC(=O)NC(C)(C)C)NCCOc1ccccc1.I. The van der Waals surface area contributed by atoms with Gasteiger partial charge < -0.3 is 20.7 Å². The fourth-order valence-electron chi connectivity index (χ4n) is 1.81. The number of carbonyl (C=O) groups is 1. The average molecular weight is 448 g/mol. The average Bonchev–Trinajstić information content (AvgIpc) is 2.48. The Balaban J connectivity index is 0.00000529. The highest BCUT2D eigenvalue weighted by Crippen LogP contribution is 2.07. The number of hydrogen-bond donors (Lipinski definition) is 3. The molecule has 0 aliphatic carbocycles. The number of rotatable bonds is 7. The van der Waals surface area contributed by atoms with E-state index < -0.39 is 0 Å². The second-order valence-corrected chi connectivity index (χ2v) is 6.08. The third kappa shape index (κ3) is 11.1. The molecule has 1 aromatic carbocycles. The van der Waals surface area contributed by atoms with Crippen molar-refractivity contribution < 1.29 is 9.53 Å². The minimum atomic E-state index is -0.248. The molecular weight excluding hydrogens is 419 g/mol. The molecule has 0 aliphatic rings. The first-order valence-electron chi connectivity index (χ1n) is 7.92. The van der Waals surface area contributed by atoms with Crippen molar-refractivity contribution in [2.75, 3.05) is 26.2 Å². The van der Waals surface area contributed by atoms with Crippen LogP contribution in [0.1, 0.15) is 27.7 Å². The van der Waals surface area contributed by atoms with Crippen LogP contribution in [-0.2, 0) is 4.79 Å². The molecule has 7 heteroatoms. The van der Waals surface area contributed by atoms with Gasteiger partial charge in [0.2, 0.25) is 5.91 Å². The summed E-state index contributed by atoms with van der Waals surface area (Å²) in [5.74, 6) is 1.34. The number of benzene rings is 1. The van der Waals surface area contributed by atoms with Crippen LogP contribution in [0.4, 0.5) is 0 Å². The molecule has 0 aliphatic heterocycles. The maximum atomic E-state index is 11.8. The van der Waals surface area contributed by atoms with E-state index in [2.05, 4.69) is 20.9 Å². The molecule has 0 heterocycles. The molecular formula is C17H29IN4O2. The molecule has 1 amide bonds. The van der Waals surface area contributed by atoms with Gasteiger partial charge in [-0.25, -0.2) is 4.99 Å². The highest BCUT2D eigenvalue weighted by Gasteiger charge is 2.13. The van der Waals surface area contributed by atoms with E-state index in [9.17, 15) is 4.79 Å². The Kier molecular flexibility index (Phi) is 11.2. The van der Waals surface area contributed by atoms with E-state index in [0.29, 0.717) is 19.1 Å². The summed E-state index contributed by atoms with van der Waals surface area (Å²) in [6.45, 7) is 9.74. The molecule has 0 bridgehead atoms. The monoisotopic (exact) mass is 448 g/mol. The third-order valence-electron chi connectivity index (χ3n) is 2.65. The van der Waals surface area contributed by atoms with Gasteiger partial charge in [-0.1, -0.05) is 18.2 Å². The number of hydrogen-bond acceptors (Lipinski definition) is 3. The van der Waals surface area contributed by atoms with Crippen LogP contribution in [0.3, 0.4) is 0 Å². The zero-order chi connectivity index (χ0) is 17.1. The maximum Gasteiger partial charge on any atom is 0.242 e. The molecule has 0 atom stereocenters. The summed E-state index contributed by atoms with van der Waals surface area (Å²) in [5, 5.41) is 9.12. The number of nitrogens with one attached hydrogen (secondary N) is 3. The standard InChI is InChI=1S/C17H28N4O2.HI/c1-5-18-16(20-13-15(22)21-17(2,3)4)19-11-12-23-14-9-7-6-8-10-14;/h6-10H,5,11-13H2,1-4H3,(H,21,22)(H2,18,19,20);1H. The van der Waals surface area contributed by atoms with Crippen molar-refractivity contribution in [1.29, 1.82) is 0 Å². The van der Waals surface area contributed by atoms with Crippen LogP contribution in [0.15, 0.2) is 35.3 Å². The molecule has 6 nitrogen and oxygen atoms in total. The van der Waals surface area contributed by atoms with Crippen molar-refractivity contribution >= 4 is 35.8 Å². The summed E-state index contributed by atoms with van der Waals surface area (Å²) < 4.78 is 5.60. The third-order valence-corrected chi connectivity index (χ3v) is 2.65. The minimum Gasteiger partial charge on any atom is -0.492 e. The van der Waals surface area contributed by atoms with Crippen LogP contribution < -0.4 is 20.7 Å². The Hall–Kier alpha value is -1.51. The Morgan fingerprint density at radius 1 is 1.17 bits per heavy atom. The summed E-state index contributed by atoms with van der Waals surface area (Å²) in [6, 6.07) is 9.64. The Labute approximate surface area is 161 Å². The smallest absolute Gasteiger partial charge is 0.242 e. The van der Waals surface area contributed by atoms with Crippen molar-refractivity contribution in [2.24, 2.45) is 4.99 Å². The Morgan fingerprint density at radius 3 is 2.42 bits per heavy atom. The zero-order valence-electron chi connectivity index (χ0n) is 14.9. The normalized spacial score (nSPS) is 11.2. The van der Waals surface area contributed by atoms with E-state index in [1.54, 1.807) is 0 Å². The van der Waals surface area contributed by atoms with E-state index in [1.165, 1.54) is 0 Å². The summed E-state index contributed by atoms with van der Waals surface area (Å²) in [7, 11) is 0. The van der Waals surface area contributed by atoms with Crippen molar-refractivity contribution in [2.45, 2.75) is 33.2 Å². The lowest BCUT2D eigenvalue weighted by molar-refractivity contribution is -0.121. The van der Waals surface area contributed by atoms with Gasteiger partial charge in [0.15, 0.2) is 5.96 Å². The highest BCUT2D eigenvalue weighted by molar-refractivity contribution is 14.0. The predicted molar refractivity (Wildman–Crippen MR) is 109 cm³/mol. The number of aliphatic imine (C=N–C) groups is 1. The maximum absolute atomic E-state index is 11.8. The Bertz CT molecular complexity index is 501. The van der Waals surface area contributed by atoms with E-state index in [1.807, 2.05) is 58.0 Å². The van der Waals surface area contributed by atoms with Crippen LogP contribution >= 0.6 is 24.0 Å². The number of ether oxygens (including phenoxy) is 1. The van der Waals surface area contributed by atoms with E-state index in [4.69, 9.17) is 4.74 Å². The van der Waals surface area contributed by atoms with Crippen LogP contribution in [0.5, 0.6) is 5.75 Å². The van der Waals surface area contributed by atoms with E-state index in [-0.39, 0.29) is 42.0 Å². The van der Waals surface area contributed by atoms with Gasteiger partial charge in [-0.3, -0.25) is 4.79 Å². The van der Waals surface area contributed by atoms with Crippen molar-refractivity contribution in [3.05, 3.63) is 30.3 Å². The molecule has 0 radical (unpaired) electrons. The number of para-hydroxylation sites is 1. The lowest BCUT2D eigenvalue weighted by Gasteiger charge is -2.20. The van der Waals surface area contributed by atoms with Gasteiger partial charge in [-0.05, 0) is 39.8 Å². The second-order valence-electron chi connectivity index (χ2n) is 6.08. The second kappa shape index (κ2) is 11.9. The lowest BCUT2D eigenvalue weighted by Crippen LogP contribution is -2.43. The van der Waals surface area contributed by atoms with Crippen LogP contribution in [-0.4, -0.2) is 43.6 Å². The van der Waals surface area contributed by atoms with Gasteiger partial charge >= 0.3 is 0 Å². The first-order valence-corrected chi connectivity index (χ1v) is 7.92.